The van der Waals surface area contributed by atoms with Gasteiger partial charge < -0.3 is 14.2 Å². The Morgan fingerprint density at radius 1 is 1.33 bits per heavy atom. The fourth-order valence-electron chi connectivity index (χ4n) is 3.05. The van der Waals surface area contributed by atoms with Gasteiger partial charge in [0.2, 0.25) is 0 Å². The molecule has 1 aliphatic rings. The lowest BCUT2D eigenvalue weighted by atomic mass is 10.0. The second-order valence-corrected chi connectivity index (χ2v) is 7.04. The molecule has 0 unspecified atom stereocenters. The lowest BCUT2D eigenvalue weighted by Gasteiger charge is -2.34. The van der Waals surface area contributed by atoms with Crippen LogP contribution in [0.3, 0.4) is 0 Å². The first-order valence-corrected chi connectivity index (χ1v) is 9.11. The van der Waals surface area contributed by atoms with Gasteiger partial charge in [-0.3, -0.25) is 9.59 Å². The van der Waals surface area contributed by atoms with Gasteiger partial charge in [-0.25, -0.2) is 0 Å². The largest absolute Gasteiger partial charge is 0.381 e. The van der Waals surface area contributed by atoms with Crippen LogP contribution in [0.1, 0.15) is 28.1 Å². The van der Waals surface area contributed by atoms with Gasteiger partial charge in [-0.05, 0) is 42.8 Å². The molecule has 2 aromatic rings. The third-order valence-electron chi connectivity index (χ3n) is 4.43. The molecule has 1 amide bonds. The Hall–Kier alpha value is -1.92. The predicted molar refractivity (Wildman–Crippen MR) is 94.6 cm³/mol. The van der Waals surface area contributed by atoms with Crippen LogP contribution in [0.15, 0.2) is 40.6 Å². The summed E-state index contributed by atoms with van der Waals surface area (Å²) in [5, 5.41) is 2.04. The summed E-state index contributed by atoms with van der Waals surface area (Å²) >= 11 is 1.70. The standard InChI is InChI=1S/C18H22N2O3S/c1-19-9-2-5-16(17(19)21)18(22)20(14-7-11-23-12-8-14)10-6-15-4-3-13-24-15/h2-5,9,13-14H,6-8,10-12H2,1H3. The van der Waals surface area contributed by atoms with E-state index in [9.17, 15) is 9.59 Å². The summed E-state index contributed by atoms with van der Waals surface area (Å²) in [5.41, 5.74) is 0.00774. The number of amides is 1. The molecular weight excluding hydrogens is 324 g/mol. The average Bonchev–Trinajstić information content (AvgIpc) is 3.12. The van der Waals surface area contributed by atoms with Crippen molar-refractivity contribution in [3.63, 3.8) is 0 Å². The molecule has 6 heteroatoms. The maximum Gasteiger partial charge on any atom is 0.263 e. The van der Waals surface area contributed by atoms with Crippen molar-refractivity contribution in [2.75, 3.05) is 19.8 Å². The van der Waals surface area contributed by atoms with Gasteiger partial charge in [0.05, 0.1) is 0 Å². The minimum atomic E-state index is -0.240. The number of thiophene rings is 1. The van der Waals surface area contributed by atoms with Crippen LogP contribution in [-0.4, -0.2) is 41.2 Å². The van der Waals surface area contributed by atoms with Crippen LogP contribution in [0.4, 0.5) is 0 Å². The minimum Gasteiger partial charge on any atom is -0.381 e. The lowest BCUT2D eigenvalue weighted by Crippen LogP contribution is -2.46. The molecule has 0 spiro atoms. The molecule has 128 valence electrons. The van der Waals surface area contributed by atoms with Crippen molar-refractivity contribution in [2.24, 2.45) is 7.05 Å². The SMILES string of the molecule is Cn1cccc(C(=O)N(CCc2cccs2)C2CCOCC2)c1=O. The molecule has 24 heavy (non-hydrogen) atoms. The molecule has 1 fully saturated rings. The number of carbonyl (C=O) groups excluding carboxylic acids is 1. The highest BCUT2D eigenvalue weighted by Crippen LogP contribution is 2.18. The number of nitrogens with zero attached hydrogens (tertiary/aromatic N) is 2. The molecule has 0 bridgehead atoms. The Kier molecular flexibility index (Phi) is 5.48. The van der Waals surface area contributed by atoms with Crippen molar-refractivity contribution >= 4 is 17.2 Å². The topological polar surface area (TPSA) is 51.5 Å². The van der Waals surface area contributed by atoms with Crippen molar-refractivity contribution < 1.29 is 9.53 Å². The molecule has 2 aromatic heterocycles. The van der Waals surface area contributed by atoms with Gasteiger partial charge in [0.25, 0.3) is 11.5 Å². The summed E-state index contributed by atoms with van der Waals surface area (Å²) in [6.45, 7) is 1.96. The van der Waals surface area contributed by atoms with Crippen LogP contribution in [0.5, 0.6) is 0 Å². The average molecular weight is 346 g/mol. The smallest absolute Gasteiger partial charge is 0.263 e. The molecular formula is C18H22N2O3S. The van der Waals surface area contributed by atoms with Crippen molar-refractivity contribution in [1.82, 2.24) is 9.47 Å². The Balaban J connectivity index is 1.83. The molecule has 5 nitrogen and oxygen atoms in total. The summed E-state index contributed by atoms with van der Waals surface area (Å²) in [6.07, 6.45) is 4.13. The first kappa shape index (κ1) is 16.9. The molecule has 0 radical (unpaired) electrons. The molecule has 3 rings (SSSR count). The molecule has 1 aliphatic heterocycles. The van der Waals surface area contributed by atoms with Crippen molar-refractivity contribution in [1.29, 1.82) is 0 Å². The van der Waals surface area contributed by atoms with Crippen LogP contribution in [0.2, 0.25) is 0 Å². The number of rotatable bonds is 5. The minimum absolute atomic E-state index is 0.135. The van der Waals surface area contributed by atoms with Crippen LogP contribution in [0, 0.1) is 0 Å². The number of aryl methyl sites for hydroxylation is 1. The van der Waals surface area contributed by atoms with Gasteiger partial charge in [0.1, 0.15) is 5.56 Å². The lowest BCUT2D eigenvalue weighted by molar-refractivity contribution is 0.0292. The highest BCUT2D eigenvalue weighted by Gasteiger charge is 2.28. The van der Waals surface area contributed by atoms with Crippen molar-refractivity contribution in [3.8, 4) is 0 Å². The van der Waals surface area contributed by atoms with E-state index in [-0.39, 0.29) is 23.1 Å². The first-order chi connectivity index (χ1) is 11.7. The van der Waals surface area contributed by atoms with Crippen molar-refractivity contribution in [2.45, 2.75) is 25.3 Å². The summed E-state index contributed by atoms with van der Waals surface area (Å²) in [4.78, 5) is 28.5. The molecule has 0 N–H and O–H groups in total. The van der Waals surface area contributed by atoms with Crippen LogP contribution in [-0.2, 0) is 18.2 Å². The second kappa shape index (κ2) is 7.77. The van der Waals surface area contributed by atoms with E-state index in [1.165, 1.54) is 9.44 Å². The number of hydrogen-bond donors (Lipinski definition) is 0. The van der Waals surface area contributed by atoms with Gasteiger partial charge in [-0.2, -0.15) is 0 Å². The van der Waals surface area contributed by atoms with Crippen LogP contribution >= 0.6 is 11.3 Å². The van der Waals surface area contributed by atoms with E-state index in [4.69, 9.17) is 4.74 Å². The van der Waals surface area contributed by atoms with E-state index in [2.05, 4.69) is 6.07 Å². The first-order valence-electron chi connectivity index (χ1n) is 8.23. The van der Waals surface area contributed by atoms with E-state index in [1.54, 1.807) is 36.7 Å². The Morgan fingerprint density at radius 2 is 2.12 bits per heavy atom. The van der Waals surface area contributed by atoms with E-state index >= 15 is 0 Å². The van der Waals surface area contributed by atoms with Crippen LogP contribution in [0.25, 0.3) is 0 Å². The normalized spacial score (nSPS) is 15.4. The Morgan fingerprint density at radius 3 is 2.83 bits per heavy atom. The summed E-state index contributed by atoms with van der Waals surface area (Å²) in [5.74, 6) is -0.167. The Labute approximate surface area is 145 Å². The zero-order valence-electron chi connectivity index (χ0n) is 13.8. The zero-order valence-corrected chi connectivity index (χ0v) is 14.6. The third-order valence-corrected chi connectivity index (χ3v) is 5.36. The van der Waals surface area contributed by atoms with Gasteiger partial charge in [0, 0.05) is 43.9 Å². The highest BCUT2D eigenvalue weighted by atomic mass is 32.1. The fourth-order valence-corrected chi connectivity index (χ4v) is 3.75. The number of ether oxygens (including phenoxy) is 1. The maximum atomic E-state index is 13.1. The van der Waals surface area contributed by atoms with Crippen LogP contribution < -0.4 is 5.56 Å². The summed E-state index contributed by atoms with van der Waals surface area (Å²) in [7, 11) is 1.67. The number of hydrogen-bond acceptors (Lipinski definition) is 4. The quantitative estimate of drug-likeness (QED) is 0.835. The van der Waals surface area contributed by atoms with Gasteiger partial charge >= 0.3 is 0 Å². The second-order valence-electron chi connectivity index (χ2n) is 6.01. The summed E-state index contributed by atoms with van der Waals surface area (Å²) in [6, 6.07) is 7.61. The van der Waals surface area contributed by atoms with E-state index < -0.39 is 0 Å². The molecule has 0 atom stereocenters. The number of aromatic nitrogens is 1. The predicted octanol–water partition coefficient (Wildman–Crippen LogP) is 2.31. The van der Waals surface area contributed by atoms with E-state index in [1.807, 2.05) is 16.3 Å². The molecule has 0 aromatic carbocycles. The fraction of sp³-hybridized carbons (Fsp3) is 0.444. The van der Waals surface area contributed by atoms with E-state index in [0.29, 0.717) is 19.8 Å². The molecule has 1 saturated heterocycles. The Bertz CT molecular complexity index is 733. The molecule has 0 aliphatic carbocycles. The third kappa shape index (κ3) is 3.76. The van der Waals surface area contributed by atoms with Crippen molar-refractivity contribution in [3.05, 3.63) is 56.6 Å². The summed E-state index contributed by atoms with van der Waals surface area (Å²) < 4.78 is 6.88. The maximum absolute atomic E-state index is 13.1. The molecule has 0 saturated carbocycles. The zero-order chi connectivity index (χ0) is 16.9. The van der Waals surface area contributed by atoms with Gasteiger partial charge in [-0.15, -0.1) is 11.3 Å². The highest BCUT2D eigenvalue weighted by molar-refractivity contribution is 7.09. The number of carbonyl (C=O) groups is 1. The van der Waals surface area contributed by atoms with Gasteiger partial charge in [-0.1, -0.05) is 6.07 Å². The monoisotopic (exact) mass is 346 g/mol. The van der Waals surface area contributed by atoms with E-state index in [0.717, 1.165) is 19.3 Å². The molecule has 3 heterocycles. The van der Waals surface area contributed by atoms with Gasteiger partial charge in [0.15, 0.2) is 0 Å². The number of pyridine rings is 1.